The molecule has 0 radical (unpaired) electrons. The van der Waals surface area contributed by atoms with E-state index in [0.717, 1.165) is 13.2 Å². The Bertz CT molecular complexity index is 1980. The van der Waals surface area contributed by atoms with Gasteiger partial charge in [0.15, 0.2) is 12.1 Å². The number of nitrogens with zero attached hydrogens (tertiary/aromatic N) is 1. The summed E-state index contributed by atoms with van der Waals surface area (Å²) < 4.78 is 47.4. The lowest BCUT2D eigenvalue weighted by atomic mass is 9.68. The van der Waals surface area contributed by atoms with Crippen LogP contribution in [0.5, 0.6) is 17.2 Å². The van der Waals surface area contributed by atoms with Gasteiger partial charge in [-0.2, -0.15) is 0 Å². The molecule has 2 bridgehead atoms. The summed E-state index contributed by atoms with van der Waals surface area (Å²) in [5, 5.41) is 58.3. The normalized spacial score (nSPS) is 38.6. The first kappa shape index (κ1) is 40.4. The highest BCUT2D eigenvalue weighted by Gasteiger charge is 2.60. The first-order chi connectivity index (χ1) is 26.2. The lowest BCUT2D eigenvalue weighted by Gasteiger charge is -2.53. The molecule has 2 saturated heterocycles. The minimum Gasteiger partial charge on any atom is -0.507 e. The van der Waals surface area contributed by atoms with E-state index >= 15 is 0 Å². The molecule has 2 fully saturated rings. The summed E-state index contributed by atoms with van der Waals surface area (Å²) in [6.45, 7) is 6.40. The highest BCUT2D eigenvalue weighted by Crippen LogP contribution is 2.56. The van der Waals surface area contributed by atoms with Crippen molar-refractivity contribution in [2.24, 2.45) is 0 Å². The summed E-state index contributed by atoms with van der Waals surface area (Å²) >= 11 is 0. The molecule has 56 heavy (non-hydrogen) atoms. The van der Waals surface area contributed by atoms with Crippen LogP contribution in [0.4, 0.5) is 0 Å². The maximum atomic E-state index is 14.8. The average Bonchev–Trinajstić information content (AvgIpc) is 3.12. The summed E-state index contributed by atoms with van der Waals surface area (Å²) in [5.74, 6) is -5.85. The topological polar surface area (TPSA) is 229 Å². The van der Waals surface area contributed by atoms with Gasteiger partial charge in [-0.1, -0.05) is 0 Å². The van der Waals surface area contributed by atoms with Gasteiger partial charge < -0.3 is 68.3 Å². The number of likely N-dealkylation sites (N-methyl/N-ethyl adjacent to an activating group) is 1. The third-order valence-corrected chi connectivity index (χ3v) is 12.5. The number of phenols is 2. The Morgan fingerprint density at radius 2 is 1.61 bits per heavy atom. The predicted molar refractivity (Wildman–Crippen MR) is 191 cm³/mol. The third-order valence-electron chi connectivity index (χ3n) is 12.5. The molecular weight excluding hydrogens is 738 g/mol. The molecule has 17 nitrogen and oxygen atoms in total. The number of benzene rings is 2. The van der Waals surface area contributed by atoms with Crippen LogP contribution in [0.2, 0.25) is 0 Å². The Morgan fingerprint density at radius 1 is 0.946 bits per heavy atom. The summed E-state index contributed by atoms with van der Waals surface area (Å²) in [5.41, 5.74) is -6.55. The number of rotatable bonds is 7. The molecule has 2 aromatic carbocycles. The number of carbonyl (C=O) groups excluding carboxylic acids is 3. The summed E-state index contributed by atoms with van der Waals surface area (Å²) in [4.78, 5) is 44.4. The molecule has 2 aliphatic carbocycles. The summed E-state index contributed by atoms with van der Waals surface area (Å²) in [6.07, 6.45) is -9.16. The molecule has 306 valence electrons. The van der Waals surface area contributed by atoms with Crippen molar-refractivity contribution in [1.82, 2.24) is 4.90 Å². The molecule has 0 amide bonds. The molecule has 13 atom stereocenters. The van der Waals surface area contributed by atoms with Gasteiger partial charge >= 0.3 is 5.97 Å². The first-order valence-electron chi connectivity index (χ1n) is 18.2. The van der Waals surface area contributed by atoms with Gasteiger partial charge in [-0.3, -0.25) is 14.4 Å². The molecule has 5 unspecified atom stereocenters. The van der Waals surface area contributed by atoms with Crippen LogP contribution in [0, 0.1) is 0 Å². The van der Waals surface area contributed by atoms with E-state index in [0.29, 0.717) is 0 Å². The highest BCUT2D eigenvalue weighted by molar-refractivity contribution is 6.31. The molecule has 3 heterocycles. The molecule has 7 rings (SSSR count). The van der Waals surface area contributed by atoms with Crippen molar-refractivity contribution < 1.29 is 77.8 Å². The fourth-order valence-electron chi connectivity index (χ4n) is 9.68. The monoisotopic (exact) mass is 787 g/mol. The zero-order valence-corrected chi connectivity index (χ0v) is 32.8. The minimum atomic E-state index is -1.91. The first-order valence-corrected chi connectivity index (χ1v) is 18.2. The van der Waals surface area contributed by atoms with E-state index in [1.54, 1.807) is 32.8 Å². The van der Waals surface area contributed by atoms with Crippen molar-refractivity contribution in [3.05, 3.63) is 51.1 Å². The number of aliphatic hydroxyl groups is 3. The smallest absolute Gasteiger partial charge is 0.316 e. The maximum absolute atomic E-state index is 14.8. The van der Waals surface area contributed by atoms with E-state index in [1.807, 2.05) is 0 Å². The fourth-order valence-corrected chi connectivity index (χ4v) is 9.68. The SMILES string of the molecule is COC(=O)[C@H]1c2cc3c(c(O)c2[C@@H](OC2OC(C)C(OC)C(C)(OC)C2OC)C[C@@]1(C)O)C(=O)c1c(O)cc2c(c1C3=O)O[C@H]1O[C@]2(C)[C@@H](O)[C@H](N(C)C)[C@H]1O. The van der Waals surface area contributed by atoms with Crippen LogP contribution in [0.3, 0.4) is 0 Å². The second-order valence-electron chi connectivity index (χ2n) is 16.0. The quantitative estimate of drug-likeness (QED) is 0.212. The molecule has 5 aliphatic rings. The zero-order valence-electron chi connectivity index (χ0n) is 32.8. The number of ketones is 2. The fraction of sp³-hybridized carbons (Fsp3) is 0.615. The second kappa shape index (κ2) is 13.7. The second-order valence-corrected chi connectivity index (χ2v) is 16.0. The van der Waals surface area contributed by atoms with Crippen LogP contribution in [-0.2, 0) is 43.6 Å². The van der Waals surface area contributed by atoms with Crippen molar-refractivity contribution in [1.29, 1.82) is 0 Å². The Balaban J connectivity index is 1.40. The lowest BCUT2D eigenvalue weighted by molar-refractivity contribution is -0.345. The Labute approximate surface area is 322 Å². The van der Waals surface area contributed by atoms with Gasteiger partial charge in [0.2, 0.25) is 12.1 Å². The van der Waals surface area contributed by atoms with E-state index in [-0.39, 0.29) is 34.4 Å². The Morgan fingerprint density at radius 3 is 2.20 bits per heavy atom. The van der Waals surface area contributed by atoms with Crippen molar-refractivity contribution in [3.8, 4) is 17.2 Å². The third kappa shape index (κ3) is 5.47. The van der Waals surface area contributed by atoms with E-state index in [2.05, 4.69) is 0 Å². The van der Waals surface area contributed by atoms with Crippen molar-refractivity contribution >= 4 is 17.5 Å². The number of aromatic hydroxyl groups is 2. The number of aliphatic hydroxyl groups excluding tert-OH is 2. The van der Waals surface area contributed by atoms with Gasteiger partial charge in [0.25, 0.3) is 0 Å². The number of hydrogen-bond acceptors (Lipinski definition) is 17. The molecule has 2 aromatic rings. The van der Waals surface area contributed by atoms with Gasteiger partial charge in [-0.15, -0.1) is 0 Å². The van der Waals surface area contributed by atoms with Crippen LogP contribution < -0.4 is 4.74 Å². The van der Waals surface area contributed by atoms with Crippen LogP contribution >= 0.6 is 0 Å². The van der Waals surface area contributed by atoms with E-state index in [1.165, 1.54) is 41.2 Å². The number of ether oxygens (including phenoxy) is 8. The number of hydrogen-bond donors (Lipinski definition) is 5. The van der Waals surface area contributed by atoms with Crippen molar-refractivity contribution in [3.63, 3.8) is 0 Å². The van der Waals surface area contributed by atoms with Gasteiger partial charge in [-0.05, 0) is 59.5 Å². The van der Waals surface area contributed by atoms with Crippen LogP contribution in [0.25, 0.3) is 0 Å². The standard InChI is InChI=1S/C39H49NO16/c1-14-32(49-7)39(4,52-10)33(50-8)36(53-14)54-19-13-37(2,48)24(34(47)51-9)15-11-16-21(27(43)20(15)19)28(44)22-18(41)12-17-30(23(22)26(16)42)55-35-29(45)25(40(5)6)31(46)38(17,3)56-35/h11-12,14,19,24-25,29,31-33,35-36,41,43,45-46,48H,13H2,1-10H3/t14?,19-,24+,25+,29+,31-,32?,33?,35-,36?,37+,38-,39?/m0/s1. The summed E-state index contributed by atoms with van der Waals surface area (Å²) in [6, 6.07) is 1.50. The lowest BCUT2D eigenvalue weighted by Crippen LogP contribution is -2.68. The number of phenolic OH excluding ortho intramolecular Hbond substituents is 2. The Kier molecular flexibility index (Phi) is 9.88. The molecule has 0 spiro atoms. The van der Waals surface area contributed by atoms with Crippen LogP contribution in [0.15, 0.2) is 12.1 Å². The molecule has 0 aromatic heterocycles. The van der Waals surface area contributed by atoms with Crippen LogP contribution in [0.1, 0.15) is 94.7 Å². The van der Waals surface area contributed by atoms with Gasteiger partial charge in [-0.25, -0.2) is 0 Å². The van der Waals surface area contributed by atoms with Crippen molar-refractivity contribution in [2.45, 2.75) is 112 Å². The Hall–Kier alpha value is -3.75. The number of esters is 1. The molecule has 17 heteroatoms. The van der Waals surface area contributed by atoms with E-state index in [9.17, 15) is 39.9 Å². The summed E-state index contributed by atoms with van der Waals surface area (Å²) in [7, 11) is 8.84. The minimum absolute atomic E-state index is 0.0417. The number of fused-ring (bicyclic) bond motifs is 8. The van der Waals surface area contributed by atoms with Crippen LogP contribution in [-0.4, -0.2) is 151 Å². The highest BCUT2D eigenvalue weighted by atomic mass is 16.7. The number of carbonyl (C=O) groups is 3. The molecule has 3 aliphatic heterocycles. The molecular formula is C39H49NO16. The van der Waals surface area contributed by atoms with E-state index < -0.39 is 124 Å². The average molecular weight is 788 g/mol. The van der Waals surface area contributed by atoms with Gasteiger partial charge in [0.1, 0.15) is 58.8 Å². The maximum Gasteiger partial charge on any atom is 0.316 e. The predicted octanol–water partition coefficient (Wildman–Crippen LogP) is 1.14. The zero-order chi connectivity index (χ0) is 41.1. The largest absolute Gasteiger partial charge is 0.507 e. The van der Waals surface area contributed by atoms with E-state index in [4.69, 9.17) is 37.9 Å². The van der Waals surface area contributed by atoms with Gasteiger partial charge in [0.05, 0.1) is 47.7 Å². The molecule has 0 saturated carbocycles. The number of methoxy groups -OCH3 is 4. The van der Waals surface area contributed by atoms with Crippen molar-refractivity contribution in [2.75, 3.05) is 42.5 Å². The molecule has 5 N–H and O–H groups in total. The van der Waals surface area contributed by atoms with Gasteiger partial charge in [0, 0.05) is 44.4 Å².